The standard InChI is InChI=1S/C12H17N3O2/c1-8-10(3-2-4-12(8)15(16)17)14-11(7-13)9-5-6-9/h2-4,9,11,14H,5-7,13H2,1H3. The molecule has 0 saturated heterocycles. The molecule has 5 heteroatoms. The lowest BCUT2D eigenvalue weighted by atomic mass is 10.1. The average molecular weight is 235 g/mol. The Morgan fingerprint density at radius 3 is 2.82 bits per heavy atom. The molecule has 1 saturated carbocycles. The maximum Gasteiger partial charge on any atom is 0.274 e. The van der Waals surface area contributed by atoms with Crippen molar-refractivity contribution in [3.63, 3.8) is 0 Å². The highest BCUT2D eigenvalue weighted by molar-refractivity contribution is 5.60. The fourth-order valence-electron chi connectivity index (χ4n) is 2.05. The van der Waals surface area contributed by atoms with E-state index in [0.717, 1.165) is 5.69 Å². The molecule has 17 heavy (non-hydrogen) atoms. The van der Waals surface area contributed by atoms with E-state index < -0.39 is 0 Å². The average Bonchev–Trinajstić information content (AvgIpc) is 3.11. The van der Waals surface area contributed by atoms with Crippen LogP contribution in [-0.2, 0) is 0 Å². The number of nitrogens with two attached hydrogens (primary N) is 1. The summed E-state index contributed by atoms with van der Waals surface area (Å²) in [6.45, 7) is 2.33. The van der Waals surface area contributed by atoms with Crippen molar-refractivity contribution < 1.29 is 4.92 Å². The van der Waals surface area contributed by atoms with E-state index >= 15 is 0 Å². The second-order valence-electron chi connectivity index (χ2n) is 4.53. The lowest BCUT2D eigenvalue weighted by Gasteiger charge is -2.18. The molecule has 1 aliphatic rings. The minimum absolute atomic E-state index is 0.154. The molecule has 0 bridgehead atoms. The fourth-order valence-corrected chi connectivity index (χ4v) is 2.05. The molecule has 1 aromatic carbocycles. The summed E-state index contributed by atoms with van der Waals surface area (Å²) in [5.74, 6) is 0.624. The van der Waals surface area contributed by atoms with Crippen LogP contribution in [0.1, 0.15) is 18.4 Å². The molecule has 92 valence electrons. The van der Waals surface area contributed by atoms with E-state index in [9.17, 15) is 10.1 Å². The van der Waals surface area contributed by atoms with Crippen LogP contribution in [0.5, 0.6) is 0 Å². The first-order valence-electron chi connectivity index (χ1n) is 5.84. The number of nitrogens with zero attached hydrogens (tertiary/aromatic N) is 1. The first-order chi connectivity index (χ1) is 8.13. The minimum atomic E-state index is -0.352. The van der Waals surface area contributed by atoms with Crippen LogP contribution >= 0.6 is 0 Å². The Hall–Kier alpha value is -1.62. The smallest absolute Gasteiger partial charge is 0.274 e. The maximum atomic E-state index is 10.8. The SMILES string of the molecule is Cc1c(NC(CN)C2CC2)cccc1[N+](=O)[O-]. The Morgan fingerprint density at radius 2 is 2.29 bits per heavy atom. The van der Waals surface area contributed by atoms with Crippen LogP contribution in [0.4, 0.5) is 11.4 Å². The molecular formula is C12H17N3O2. The predicted molar refractivity (Wildman–Crippen MR) is 67.0 cm³/mol. The van der Waals surface area contributed by atoms with Crippen LogP contribution < -0.4 is 11.1 Å². The minimum Gasteiger partial charge on any atom is -0.380 e. The Bertz CT molecular complexity index is 430. The number of anilines is 1. The zero-order chi connectivity index (χ0) is 12.4. The van der Waals surface area contributed by atoms with Crippen molar-refractivity contribution in [1.29, 1.82) is 0 Å². The van der Waals surface area contributed by atoms with Crippen molar-refractivity contribution in [3.05, 3.63) is 33.9 Å². The Kier molecular flexibility index (Phi) is 3.28. The van der Waals surface area contributed by atoms with Gasteiger partial charge < -0.3 is 11.1 Å². The topological polar surface area (TPSA) is 81.2 Å². The molecule has 2 rings (SSSR count). The number of benzene rings is 1. The Labute approximate surface area is 100 Å². The van der Waals surface area contributed by atoms with E-state index in [4.69, 9.17) is 5.73 Å². The van der Waals surface area contributed by atoms with Gasteiger partial charge in [0.05, 0.1) is 4.92 Å². The van der Waals surface area contributed by atoms with Crippen LogP contribution in [0, 0.1) is 23.0 Å². The van der Waals surface area contributed by atoms with Gasteiger partial charge in [-0.15, -0.1) is 0 Å². The lowest BCUT2D eigenvalue weighted by Crippen LogP contribution is -2.31. The Balaban J connectivity index is 2.20. The molecular weight excluding hydrogens is 218 g/mol. The summed E-state index contributed by atoms with van der Waals surface area (Å²) >= 11 is 0. The second kappa shape index (κ2) is 4.71. The van der Waals surface area contributed by atoms with Gasteiger partial charge in [0.25, 0.3) is 5.69 Å². The number of nitro groups is 1. The van der Waals surface area contributed by atoms with E-state index in [2.05, 4.69) is 5.32 Å². The molecule has 0 radical (unpaired) electrons. The predicted octanol–water partition coefficient (Wildman–Crippen LogP) is 2.05. The molecule has 1 unspecified atom stereocenters. The van der Waals surface area contributed by atoms with Gasteiger partial charge in [0.2, 0.25) is 0 Å². The molecule has 1 atom stereocenters. The number of nitro benzene ring substituents is 1. The van der Waals surface area contributed by atoms with Gasteiger partial charge in [-0.2, -0.15) is 0 Å². The third-order valence-corrected chi connectivity index (χ3v) is 3.29. The molecule has 0 amide bonds. The number of nitrogens with one attached hydrogen (secondary N) is 1. The third kappa shape index (κ3) is 2.55. The summed E-state index contributed by atoms with van der Waals surface area (Å²) < 4.78 is 0. The quantitative estimate of drug-likeness (QED) is 0.604. The van der Waals surface area contributed by atoms with Crippen molar-refractivity contribution in [2.75, 3.05) is 11.9 Å². The summed E-state index contributed by atoms with van der Waals surface area (Å²) in [4.78, 5) is 10.5. The van der Waals surface area contributed by atoms with Crippen molar-refractivity contribution in [2.45, 2.75) is 25.8 Å². The Morgan fingerprint density at radius 1 is 1.59 bits per heavy atom. The van der Waals surface area contributed by atoms with Gasteiger partial charge >= 0.3 is 0 Å². The normalized spacial score (nSPS) is 16.6. The monoisotopic (exact) mass is 235 g/mol. The molecule has 1 aromatic rings. The lowest BCUT2D eigenvalue weighted by molar-refractivity contribution is -0.385. The first kappa shape index (κ1) is 11.9. The molecule has 0 heterocycles. The van der Waals surface area contributed by atoms with Crippen molar-refractivity contribution in [3.8, 4) is 0 Å². The molecule has 1 fully saturated rings. The van der Waals surface area contributed by atoms with Gasteiger partial charge in [0, 0.05) is 29.9 Å². The van der Waals surface area contributed by atoms with Gasteiger partial charge in [0.15, 0.2) is 0 Å². The van der Waals surface area contributed by atoms with Crippen LogP contribution in [0.3, 0.4) is 0 Å². The van der Waals surface area contributed by atoms with E-state index in [1.54, 1.807) is 13.0 Å². The summed E-state index contributed by atoms with van der Waals surface area (Å²) in [7, 11) is 0. The van der Waals surface area contributed by atoms with Gasteiger partial charge in [-0.25, -0.2) is 0 Å². The number of rotatable bonds is 5. The van der Waals surface area contributed by atoms with Crippen molar-refractivity contribution >= 4 is 11.4 Å². The maximum absolute atomic E-state index is 10.8. The van der Waals surface area contributed by atoms with E-state index in [-0.39, 0.29) is 16.7 Å². The first-order valence-corrected chi connectivity index (χ1v) is 5.84. The third-order valence-electron chi connectivity index (χ3n) is 3.29. The summed E-state index contributed by atoms with van der Waals surface area (Å²) in [5, 5.41) is 14.2. The second-order valence-corrected chi connectivity index (χ2v) is 4.53. The van der Waals surface area contributed by atoms with Crippen molar-refractivity contribution in [2.24, 2.45) is 11.7 Å². The molecule has 0 spiro atoms. The number of hydrogen-bond acceptors (Lipinski definition) is 4. The molecule has 0 aromatic heterocycles. The van der Waals surface area contributed by atoms with Crippen LogP contribution in [0.15, 0.2) is 18.2 Å². The molecule has 1 aliphatic carbocycles. The molecule has 5 nitrogen and oxygen atoms in total. The zero-order valence-electron chi connectivity index (χ0n) is 9.85. The fraction of sp³-hybridized carbons (Fsp3) is 0.500. The highest BCUT2D eigenvalue weighted by atomic mass is 16.6. The summed E-state index contributed by atoms with van der Waals surface area (Å²) in [5.41, 5.74) is 7.37. The largest absolute Gasteiger partial charge is 0.380 e. The van der Waals surface area contributed by atoms with E-state index in [1.165, 1.54) is 18.9 Å². The highest BCUT2D eigenvalue weighted by Crippen LogP contribution is 2.35. The molecule has 0 aliphatic heterocycles. The van der Waals surface area contributed by atoms with Crippen LogP contribution in [0.2, 0.25) is 0 Å². The van der Waals surface area contributed by atoms with Gasteiger partial charge in [0.1, 0.15) is 0 Å². The highest BCUT2D eigenvalue weighted by Gasteiger charge is 2.30. The van der Waals surface area contributed by atoms with Crippen LogP contribution in [0.25, 0.3) is 0 Å². The summed E-state index contributed by atoms with van der Waals surface area (Å²) in [6, 6.07) is 5.33. The van der Waals surface area contributed by atoms with Gasteiger partial charge in [-0.3, -0.25) is 10.1 Å². The van der Waals surface area contributed by atoms with Crippen LogP contribution in [-0.4, -0.2) is 17.5 Å². The number of hydrogen-bond donors (Lipinski definition) is 2. The van der Waals surface area contributed by atoms with E-state index in [1.807, 2.05) is 6.07 Å². The summed E-state index contributed by atoms with van der Waals surface area (Å²) in [6.07, 6.45) is 2.39. The molecule has 3 N–H and O–H groups in total. The van der Waals surface area contributed by atoms with E-state index in [0.29, 0.717) is 18.0 Å². The van der Waals surface area contributed by atoms with Crippen molar-refractivity contribution in [1.82, 2.24) is 0 Å². The van der Waals surface area contributed by atoms with Gasteiger partial charge in [-0.1, -0.05) is 6.07 Å². The van der Waals surface area contributed by atoms with Gasteiger partial charge in [-0.05, 0) is 31.7 Å². The zero-order valence-corrected chi connectivity index (χ0v) is 9.85.